The standard InChI is InChI=1S/C10H19N3O3/c1-7-6-13(4-5-16-7)8(2)9(14)12-10(15)11-3/h7-8H,4-6H2,1-3H3,(H2,11,12,14,15). The van der Waals surface area contributed by atoms with E-state index < -0.39 is 6.03 Å². The van der Waals surface area contributed by atoms with Crippen LogP contribution in [0.15, 0.2) is 0 Å². The highest BCUT2D eigenvalue weighted by Gasteiger charge is 2.26. The molecule has 2 atom stereocenters. The van der Waals surface area contributed by atoms with Crippen LogP contribution in [-0.2, 0) is 9.53 Å². The molecule has 6 heteroatoms. The molecular formula is C10H19N3O3. The number of carbonyl (C=O) groups is 2. The van der Waals surface area contributed by atoms with Gasteiger partial charge in [0.25, 0.3) is 0 Å². The highest BCUT2D eigenvalue weighted by atomic mass is 16.5. The molecule has 6 nitrogen and oxygen atoms in total. The van der Waals surface area contributed by atoms with E-state index in [2.05, 4.69) is 10.6 Å². The number of nitrogens with one attached hydrogen (secondary N) is 2. The Labute approximate surface area is 95.3 Å². The molecule has 1 heterocycles. The molecule has 92 valence electrons. The summed E-state index contributed by atoms with van der Waals surface area (Å²) >= 11 is 0. The lowest BCUT2D eigenvalue weighted by atomic mass is 10.2. The van der Waals surface area contributed by atoms with Crippen molar-refractivity contribution in [1.29, 1.82) is 0 Å². The molecule has 1 saturated heterocycles. The zero-order valence-corrected chi connectivity index (χ0v) is 9.95. The van der Waals surface area contributed by atoms with E-state index in [0.717, 1.165) is 0 Å². The molecule has 0 aliphatic carbocycles. The summed E-state index contributed by atoms with van der Waals surface area (Å²) in [7, 11) is 1.48. The Morgan fingerprint density at radius 1 is 1.50 bits per heavy atom. The highest BCUT2D eigenvalue weighted by molar-refractivity contribution is 5.96. The third kappa shape index (κ3) is 3.46. The van der Waals surface area contributed by atoms with Gasteiger partial charge in [0.1, 0.15) is 0 Å². The van der Waals surface area contributed by atoms with Crippen molar-refractivity contribution in [3.05, 3.63) is 0 Å². The van der Waals surface area contributed by atoms with Crippen LogP contribution in [0.3, 0.4) is 0 Å². The average molecular weight is 229 g/mol. The van der Waals surface area contributed by atoms with Crippen molar-refractivity contribution < 1.29 is 14.3 Å². The van der Waals surface area contributed by atoms with E-state index in [-0.39, 0.29) is 18.1 Å². The number of carbonyl (C=O) groups excluding carboxylic acids is 2. The molecular weight excluding hydrogens is 210 g/mol. The number of ether oxygens (including phenoxy) is 1. The fourth-order valence-corrected chi connectivity index (χ4v) is 1.64. The predicted molar refractivity (Wildman–Crippen MR) is 59.0 cm³/mol. The molecule has 0 aromatic heterocycles. The Kier molecular flexibility index (Phi) is 4.70. The Balaban J connectivity index is 2.46. The number of hydrogen-bond acceptors (Lipinski definition) is 4. The SMILES string of the molecule is CNC(=O)NC(=O)C(C)N1CCOC(C)C1. The van der Waals surface area contributed by atoms with Crippen molar-refractivity contribution in [3.8, 4) is 0 Å². The highest BCUT2D eigenvalue weighted by Crippen LogP contribution is 2.08. The molecule has 16 heavy (non-hydrogen) atoms. The number of hydrogen-bond donors (Lipinski definition) is 2. The summed E-state index contributed by atoms with van der Waals surface area (Å²) in [5.74, 6) is -0.284. The van der Waals surface area contributed by atoms with Gasteiger partial charge in [-0.2, -0.15) is 0 Å². The summed E-state index contributed by atoms with van der Waals surface area (Å²) in [5.41, 5.74) is 0. The fourth-order valence-electron chi connectivity index (χ4n) is 1.64. The number of morpholine rings is 1. The van der Waals surface area contributed by atoms with E-state index in [9.17, 15) is 9.59 Å². The minimum Gasteiger partial charge on any atom is -0.376 e. The lowest BCUT2D eigenvalue weighted by Gasteiger charge is -2.34. The number of nitrogens with zero attached hydrogens (tertiary/aromatic N) is 1. The van der Waals surface area contributed by atoms with Crippen LogP contribution in [0.25, 0.3) is 0 Å². The maximum atomic E-state index is 11.7. The van der Waals surface area contributed by atoms with Crippen molar-refractivity contribution in [2.45, 2.75) is 26.0 Å². The summed E-state index contributed by atoms with van der Waals surface area (Å²) in [4.78, 5) is 24.7. The van der Waals surface area contributed by atoms with Crippen LogP contribution in [0.2, 0.25) is 0 Å². The van der Waals surface area contributed by atoms with Crippen LogP contribution < -0.4 is 10.6 Å². The molecule has 1 fully saturated rings. The first-order chi connectivity index (χ1) is 7.54. The molecule has 0 spiro atoms. The summed E-state index contributed by atoms with van der Waals surface area (Å²) in [6.07, 6.45) is 0.129. The lowest BCUT2D eigenvalue weighted by Crippen LogP contribution is -2.53. The Bertz CT molecular complexity index is 270. The predicted octanol–water partition coefficient (Wildman–Crippen LogP) is -0.449. The molecule has 1 aliphatic rings. The molecule has 0 saturated carbocycles. The Morgan fingerprint density at radius 3 is 2.75 bits per heavy atom. The van der Waals surface area contributed by atoms with Crippen LogP contribution >= 0.6 is 0 Å². The number of rotatable bonds is 2. The largest absolute Gasteiger partial charge is 0.376 e. The molecule has 0 radical (unpaired) electrons. The van der Waals surface area contributed by atoms with E-state index in [1.54, 1.807) is 6.92 Å². The van der Waals surface area contributed by atoms with Gasteiger partial charge >= 0.3 is 6.03 Å². The normalized spacial score (nSPS) is 23.6. The second-order valence-corrected chi connectivity index (χ2v) is 3.92. The van der Waals surface area contributed by atoms with Gasteiger partial charge in [-0.05, 0) is 13.8 Å². The van der Waals surface area contributed by atoms with Crippen LogP contribution in [0.1, 0.15) is 13.8 Å². The summed E-state index contributed by atoms with van der Waals surface area (Å²) in [5, 5.41) is 4.62. The molecule has 0 aromatic carbocycles. The maximum absolute atomic E-state index is 11.7. The van der Waals surface area contributed by atoms with Crippen LogP contribution in [0.4, 0.5) is 4.79 Å². The summed E-state index contributed by atoms with van der Waals surface area (Å²) in [6.45, 7) is 5.81. The van der Waals surface area contributed by atoms with E-state index in [1.807, 2.05) is 11.8 Å². The van der Waals surface area contributed by atoms with E-state index >= 15 is 0 Å². The quantitative estimate of drug-likeness (QED) is 0.673. The average Bonchev–Trinajstić information content (AvgIpc) is 2.27. The van der Waals surface area contributed by atoms with Crippen LogP contribution in [0, 0.1) is 0 Å². The molecule has 1 aliphatic heterocycles. The van der Waals surface area contributed by atoms with Crippen molar-refractivity contribution >= 4 is 11.9 Å². The third-order valence-corrected chi connectivity index (χ3v) is 2.66. The van der Waals surface area contributed by atoms with Crippen molar-refractivity contribution in [1.82, 2.24) is 15.5 Å². The van der Waals surface area contributed by atoms with Crippen molar-refractivity contribution in [2.75, 3.05) is 26.7 Å². The van der Waals surface area contributed by atoms with Gasteiger partial charge in [-0.25, -0.2) is 4.79 Å². The lowest BCUT2D eigenvalue weighted by molar-refractivity contribution is -0.127. The third-order valence-electron chi connectivity index (χ3n) is 2.66. The zero-order valence-electron chi connectivity index (χ0n) is 9.95. The van der Waals surface area contributed by atoms with Gasteiger partial charge in [0, 0.05) is 20.1 Å². The minimum absolute atomic E-state index is 0.129. The zero-order chi connectivity index (χ0) is 12.1. The number of imide groups is 1. The molecule has 0 bridgehead atoms. The monoisotopic (exact) mass is 229 g/mol. The first-order valence-corrected chi connectivity index (χ1v) is 5.42. The number of amides is 3. The van der Waals surface area contributed by atoms with E-state index in [0.29, 0.717) is 19.7 Å². The topological polar surface area (TPSA) is 70.7 Å². The molecule has 2 N–H and O–H groups in total. The molecule has 1 rings (SSSR count). The van der Waals surface area contributed by atoms with Gasteiger partial charge < -0.3 is 10.1 Å². The van der Waals surface area contributed by atoms with E-state index in [1.165, 1.54) is 7.05 Å². The minimum atomic E-state index is -0.474. The second-order valence-electron chi connectivity index (χ2n) is 3.92. The Hall–Kier alpha value is -1.14. The van der Waals surface area contributed by atoms with Gasteiger partial charge in [0.2, 0.25) is 5.91 Å². The van der Waals surface area contributed by atoms with Gasteiger partial charge in [0.05, 0.1) is 18.8 Å². The molecule has 3 amide bonds. The smallest absolute Gasteiger partial charge is 0.321 e. The van der Waals surface area contributed by atoms with E-state index in [4.69, 9.17) is 4.74 Å². The maximum Gasteiger partial charge on any atom is 0.321 e. The van der Waals surface area contributed by atoms with Crippen molar-refractivity contribution in [2.24, 2.45) is 0 Å². The van der Waals surface area contributed by atoms with Gasteiger partial charge in [0.15, 0.2) is 0 Å². The first kappa shape index (κ1) is 12.9. The number of urea groups is 1. The second kappa shape index (κ2) is 5.81. The fraction of sp³-hybridized carbons (Fsp3) is 0.800. The first-order valence-electron chi connectivity index (χ1n) is 5.42. The van der Waals surface area contributed by atoms with Gasteiger partial charge in [-0.15, -0.1) is 0 Å². The van der Waals surface area contributed by atoms with Gasteiger partial charge in [-0.1, -0.05) is 0 Å². The van der Waals surface area contributed by atoms with Crippen LogP contribution in [0.5, 0.6) is 0 Å². The van der Waals surface area contributed by atoms with Gasteiger partial charge in [-0.3, -0.25) is 15.0 Å². The molecule has 0 aromatic rings. The summed E-state index contributed by atoms with van der Waals surface area (Å²) in [6, 6.07) is -0.790. The Morgan fingerprint density at radius 2 is 2.19 bits per heavy atom. The van der Waals surface area contributed by atoms with Crippen molar-refractivity contribution in [3.63, 3.8) is 0 Å². The van der Waals surface area contributed by atoms with Crippen LogP contribution in [-0.4, -0.2) is 55.7 Å². The summed E-state index contributed by atoms with van der Waals surface area (Å²) < 4.78 is 5.39. The molecule has 2 unspecified atom stereocenters.